The van der Waals surface area contributed by atoms with Crippen molar-refractivity contribution in [2.45, 2.75) is 6.92 Å². The monoisotopic (exact) mass is 239 g/mol. The maximum absolute atomic E-state index is 11.1. The predicted molar refractivity (Wildman–Crippen MR) is 60.4 cm³/mol. The molecule has 0 saturated carbocycles. The molecule has 0 spiro atoms. The van der Waals surface area contributed by atoms with Crippen molar-refractivity contribution in [2.75, 3.05) is 11.9 Å². The molecule has 0 atom stereocenters. The molecule has 0 heterocycles. The summed E-state index contributed by atoms with van der Waals surface area (Å²) in [4.78, 5) is 25.6. The quantitative estimate of drug-likeness (QED) is 0.690. The summed E-state index contributed by atoms with van der Waals surface area (Å²) in [5, 5.41) is 2.38. The van der Waals surface area contributed by atoms with Crippen LogP contribution in [0.2, 0.25) is 0 Å². The second-order valence-corrected chi connectivity index (χ2v) is 2.94. The predicted octanol–water partition coefficient (Wildman–Crippen LogP) is 1.22. The van der Waals surface area contributed by atoms with E-state index >= 15 is 0 Å². The van der Waals surface area contributed by atoms with Crippen LogP contribution < -0.4 is 21.3 Å². The standard InChI is InChI=1S/C10H13N3O4/c1-2-16-8-5-3-7(4-6-8)12-10(15)17-13-9(11)14/h3-6H,2H2,1H3,(H,12,15)(H3,11,13,14). The third-order valence-electron chi connectivity index (χ3n) is 1.66. The van der Waals surface area contributed by atoms with E-state index in [-0.39, 0.29) is 0 Å². The van der Waals surface area contributed by atoms with Gasteiger partial charge in [-0.05, 0) is 31.2 Å². The number of amides is 3. The summed E-state index contributed by atoms with van der Waals surface area (Å²) in [5.74, 6) is 0.696. The van der Waals surface area contributed by atoms with Crippen molar-refractivity contribution in [3.63, 3.8) is 0 Å². The summed E-state index contributed by atoms with van der Waals surface area (Å²) < 4.78 is 5.23. The number of carbonyl (C=O) groups excluding carboxylic acids is 2. The Morgan fingerprint density at radius 3 is 2.47 bits per heavy atom. The molecule has 0 saturated heterocycles. The number of urea groups is 1. The topological polar surface area (TPSA) is 103 Å². The molecule has 4 N–H and O–H groups in total. The molecule has 0 fully saturated rings. The molecule has 1 aromatic carbocycles. The number of hydroxylamine groups is 1. The van der Waals surface area contributed by atoms with Gasteiger partial charge in [-0.2, -0.15) is 5.48 Å². The molecular formula is C10H13N3O4. The van der Waals surface area contributed by atoms with Crippen LogP contribution in [0.25, 0.3) is 0 Å². The van der Waals surface area contributed by atoms with Crippen molar-refractivity contribution in [3.8, 4) is 5.75 Å². The molecule has 1 aromatic rings. The van der Waals surface area contributed by atoms with Crippen molar-refractivity contribution in [1.29, 1.82) is 0 Å². The summed E-state index contributed by atoms with van der Waals surface area (Å²) in [6.45, 7) is 2.44. The molecule has 3 amide bonds. The van der Waals surface area contributed by atoms with Crippen LogP contribution in [0.4, 0.5) is 15.3 Å². The highest BCUT2D eigenvalue weighted by Gasteiger charge is 2.04. The minimum Gasteiger partial charge on any atom is -0.494 e. The van der Waals surface area contributed by atoms with Gasteiger partial charge >= 0.3 is 12.1 Å². The summed E-state index contributed by atoms with van der Waals surface area (Å²) in [6, 6.07) is 5.71. The number of rotatable bonds is 3. The Labute approximate surface area is 97.8 Å². The van der Waals surface area contributed by atoms with Crippen LogP contribution in [0.5, 0.6) is 5.75 Å². The average Bonchev–Trinajstić information content (AvgIpc) is 2.29. The van der Waals surface area contributed by atoms with Crippen LogP contribution in [0, 0.1) is 0 Å². The molecule has 7 nitrogen and oxygen atoms in total. The van der Waals surface area contributed by atoms with E-state index in [0.29, 0.717) is 18.0 Å². The lowest BCUT2D eigenvalue weighted by atomic mass is 10.3. The molecule has 92 valence electrons. The maximum Gasteiger partial charge on any atom is 0.436 e. The van der Waals surface area contributed by atoms with Crippen LogP contribution in [-0.2, 0) is 4.84 Å². The van der Waals surface area contributed by atoms with E-state index < -0.39 is 12.1 Å². The lowest BCUT2D eigenvalue weighted by molar-refractivity contribution is 0.115. The number of carbonyl (C=O) groups is 2. The molecule has 0 aliphatic carbocycles. The molecule has 7 heteroatoms. The minimum absolute atomic E-state index is 0.504. The molecule has 0 aromatic heterocycles. The number of nitrogens with one attached hydrogen (secondary N) is 2. The van der Waals surface area contributed by atoms with Gasteiger partial charge in [0.1, 0.15) is 5.75 Å². The van der Waals surface area contributed by atoms with Gasteiger partial charge in [0.2, 0.25) is 0 Å². The second-order valence-electron chi connectivity index (χ2n) is 2.94. The van der Waals surface area contributed by atoms with E-state index in [1.807, 2.05) is 6.92 Å². The third kappa shape index (κ3) is 4.74. The lowest BCUT2D eigenvalue weighted by Crippen LogP contribution is -2.33. The third-order valence-corrected chi connectivity index (χ3v) is 1.66. The molecule has 0 radical (unpaired) electrons. The molecule has 0 aliphatic rings. The Morgan fingerprint density at radius 1 is 1.29 bits per heavy atom. The first-order chi connectivity index (χ1) is 8.11. The molecule has 1 rings (SSSR count). The van der Waals surface area contributed by atoms with Crippen LogP contribution in [0.15, 0.2) is 24.3 Å². The van der Waals surface area contributed by atoms with Crippen molar-refractivity contribution in [1.82, 2.24) is 5.48 Å². The molecule has 0 aliphatic heterocycles. The highest BCUT2D eigenvalue weighted by molar-refractivity contribution is 5.85. The summed E-state index contributed by atoms with van der Waals surface area (Å²) in [6.07, 6.45) is -0.840. The van der Waals surface area contributed by atoms with Gasteiger partial charge in [0.25, 0.3) is 0 Å². The number of primary amides is 1. The Morgan fingerprint density at radius 2 is 1.94 bits per heavy atom. The van der Waals surface area contributed by atoms with Crippen molar-refractivity contribution < 1.29 is 19.2 Å². The Kier molecular flexibility index (Phi) is 4.61. The minimum atomic E-state index is -0.952. The van der Waals surface area contributed by atoms with E-state index in [0.717, 1.165) is 0 Å². The molecular weight excluding hydrogens is 226 g/mol. The van der Waals surface area contributed by atoms with Crippen LogP contribution >= 0.6 is 0 Å². The van der Waals surface area contributed by atoms with Gasteiger partial charge in [0.05, 0.1) is 6.61 Å². The van der Waals surface area contributed by atoms with Gasteiger partial charge in [0.15, 0.2) is 0 Å². The fourth-order valence-electron chi connectivity index (χ4n) is 1.04. The highest BCUT2D eigenvalue weighted by Crippen LogP contribution is 2.15. The lowest BCUT2D eigenvalue weighted by Gasteiger charge is -2.07. The summed E-state index contributed by atoms with van der Waals surface area (Å²) in [7, 11) is 0. The fourth-order valence-corrected chi connectivity index (χ4v) is 1.04. The first kappa shape index (κ1) is 12.6. The average molecular weight is 239 g/mol. The van der Waals surface area contributed by atoms with Gasteiger partial charge < -0.3 is 15.3 Å². The largest absolute Gasteiger partial charge is 0.494 e. The van der Waals surface area contributed by atoms with Gasteiger partial charge in [-0.15, -0.1) is 0 Å². The Hall–Kier alpha value is -2.44. The number of nitrogens with two attached hydrogens (primary N) is 1. The first-order valence-corrected chi connectivity index (χ1v) is 4.88. The van der Waals surface area contributed by atoms with Gasteiger partial charge in [-0.25, -0.2) is 9.59 Å². The highest BCUT2D eigenvalue weighted by atomic mass is 16.7. The van der Waals surface area contributed by atoms with Gasteiger partial charge in [-0.3, -0.25) is 5.32 Å². The van der Waals surface area contributed by atoms with Crippen LogP contribution in [-0.4, -0.2) is 18.7 Å². The zero-order valence-corrected chi connectivity index (χ0v) is 9.23. The number of benzene rings is 1. The number of hydrogen-bond acceptors (Lipinski definition) is 4. The molecule has 0 bridgehead atoms. The molecule has 17 heavy (non-hydrogen) atoms. The van der Waals surface area contributed by atoms with E-state index in [9.17, 15) is 9.59 Å². The van der Waals surface area contributed by atoms with Gasteiger partial charge in [-0.1, -0.05) is 0 Å². The van der Waals surface area contributed by atoms with E-state index in [4.69, 9.17) is 10.5 Å². The zero-order valence-electron chi connectivity index (χ0n) is 9.23. The number of hydrogen-bond donors (Lipinski definition) is 3. The number of anilines is 1. The Bertz CT molecular complexity index is 391. The Balaban J connectivity index is 2.45. The number of ether oxygens (including phenoxy) is 1. The van der Waals surface area contributed by atoms with E-state index in [1.165, 1.54) is 0 Å². The molecule has 0 unspecified atom stereocenters. The smallest absolute Gasteiger partial charge is 0.436 e. The second kappa shape index (κ2) is 6.21. The van der Waals surface area contributed by atoms with Crippen LogP contribution in [0.1, 0.15) is 6.92 Å². The van der Waals surface area contributed by atoms with Crippen molar-refractivity contribution in [2.24, 2.45) is 5.73 Å². The van der Waals surface area contributed by atoms with E-state index in [2.05, 4.69) is 10.2 Å². The van der Waals surface area contributed by atoms with Crippen molar-refractivity contribution >= 4 is 17.8 Å². The van der Waals surface area contributed by atoms with Gasteiger partial charge in [0, 0.05) is 5.69 Å². The van der Waals surface area contributed by atoms with Crippen molar-refractivity contribution in [3.05, 3.63) is 24.3 Å². The maximum atomic E-state index is 11.1. The summed E-state index contributed by atoms with van der Waals surface area (Å²) >= 11 is 0. The fraction of sp³-hybridized carbons (Fsp3) is 0.200. The first-order valence-electron chi connectivity index (χ1n) is 4.88. The van der Waals surface area contributed by atoms with Crippen LogP contribution in [0.3, 0.4) is 0 Å². The SMILES string of the molecule is CCOc1ccc(NC(=O)ONC(N)=O)cc1. The zero-order chi connectivity index (χ0) is 12.7. The summed E-state index contributed by atoms with van der Waals surface area (Å²) in [5.41, 5.74) is 6.92. The normalized spacial score (nSPS) is 9.24. The van der Waals surface area contributed by atoms with E-state index in [1.54, 1.807) is 29.7 Å².